The maximum absolute atomic E-state index is 10.4. The number of ether oxygens (including phenoxy) is 1. The zero-order valence-corrected chi connectivity index (χ0v) is 10.5. The molecule has 18 heavy (non-hydrogen) atoms. The van der Waals surface area contributed by atoms with Crippen molar-refractivity contribution in [1.82, 2.24) is 9.97 Å². The first-order valence-corrected chi connectivity index (χ1v) is 5.72. The molecule has 1 aromatic carbocycles. The molecule has 0 spiro atoms. The van der Waals surface area contributed by atoms with Crippen molar-refractivity contribution in [2.75, 3.05) is 0 Å². The summed E-state index contributed by atoms with van der Waals surface area (Å²) in [5.41, 5.74) is 1.40. The summed E-state index contributed by atoms with van der Waals surface area (Å²) < 4.78 is 5.53. The lowest BCUT2D eigenvalue weighted by atomic mass is 10.2. The van der Waals surface area contributed by atoms with E-state index in [-0.39, 0.29) is 6.61 Å². The van der Waals surface area contributed by atoms with Crippen LogP contribution in [0, 0.1) is 6.92 Å². The van der Waals surface area contributed by atoms with Crippen LogP contribution in [0.1, 0.15) is 21.7 Å². The van der Waals surface area contributed by atoms with Crippen LogP contribution in [0.5, 0.6) is 5.75 Å². The predicted molar refractivity (Wildman–Crippen MR) is 67.9 cm³/mol. The molecule has 2 aromatic rings. The topological polar surface area (TPSA) is 52.1 Å². The SMILES string of the molecule is Cc1cc(OCc2ncc(C=O)cn2)ccc1Cl. The van der Waals surface area contributed by atoms with Gasteiger partial charge in [-0.2, -0.15) is 0 Å². The Bertz CT molecular complexity index is 555. The number of aldehydes is 1. The minimum absolute atomic E-state index is 0.250. The molecule has 0 aliphatic heterocycles. The molecular formula is C13H11ClN2O2. The van der Waals surface area contributed by atoms with Gasteiger partial charge < -0.3 is 4.74 Å². The maximum Gasteiger partial charge on any atom is 0.166 e. The van der Waals surface area contributed by atoms with Crippen LogP contribution in [0.15, 0.2) is 30.6 Å². The minimum Gasteiger partial charge on any atom is -0.486 e. The molecule has 92 valence electrons. The third-order valence-corrected chi connectivity index (χ3v) is 2.78. The lowest BCUT2D eigenvalue weighted by Gasteiger charge is -2.06. The van der Waals surface area contributed by atoms with E-state index in [9.17, 15) is 4.79 Å². The van der Waals surface area contributed by atoms with Crippen molar-refractivity contribution in [3.8, 4) is 5.75 Å². The largest absolute Gasteiger partial charge is 0.486 e. The Hall–Kier alpha value is -1.94. The summed E-state index contributed by atoms with van der Waals surface area (Å²) in [5.74, 6) is 1.23. The monoisotopic (exact) mass is 262 g/mol. The highest BCUT2D eigenvalue weighted by molar-refractivity contribution is 6.31. The van der Waals surface area contributed by atoms with E-state index in [1.54, 1.807) is 12.1 Å². The number of benzene rings is 1. The van der Waals surface area contributed by atoms with Gasteiger partial charge in [0.05, 0.1) is 5.56 Å². The molecule has 0 atom stereocenters. The van der Waals surface area contributed by atoms with Crippen LogP contribution in [0.3, 0.4) is 0 Å². The highest BCUT2D eigenvalue weighted by atomic mass is 35.5. The second kappa shape index (κ2) is 5.60. The van der Waals surface area contributed by atoms with Crippen molar-refractivity contribution < 1.29 is 9.53 Å². The van der Waals surface area contributed by atoms with Crippen molar-refractivity contribution in [3.05, 3.63) is 52.6 Å². The van der Waals surface area contributed by atoms with Crippen LogP contribution in [-0.2, 0) is 6.61 Å². The second-order valence-electron chi connectivity index (χ2n) is 3.75. The Morgan fingerprint density at radius 2 is 2.06 bits per heavy atom. The molecule has 0 fully saturated rings. The zero-order chi connectivity index (χ0) is 13.0. The Labute approximate surface area is 110 Å². The molecule has 0 N–H and O–H groups in total. The number of halogens is 1. The summed E-state index contributed by atoms with van der Waals surface area (Å²) in [4.78, 5) is 18.5. The standard InChI is InChI=1S/C13H11ClN2O2/c1-9-4-11(2-3-12(9)14)18-8-13-15-5-10(7-17)6-16-13/h2-7H,8H2,1H3. The molecule has 2 rings (SSSR count). The molecule has 0 aliphatic carbocycles. The summed E-state index contributed by atoms with van der Waals surface area (Å²) in [6, 6.07) is 5.42. The lowest BCUT2D eigenvalue weighted by molar-refractivity contribution is 0.112. The smallest absolute Gasteiger partial charge is 0.166 e. The van der Waals surface area contributed by atoms with Gasteiger partial charge in [-0.15, -0.1) is 0 Å². The molecule has 0 saturated carbocycles. The number of nitrogens with zero attached hydrogens (tertiary/aromatic N) is 2. The molecule has 1 heterocycles. The summed E-state index contributed by atoms with van der Waals surface area (Å²) in [6.45, 7) is 2.16. The van der Waals surface area contributed by atoms with Gasteiger partial charge in [-0.1, -0.05) is 11.6 Å². The quantitative estimate of drug-likeness (QED) is 0.795. The van der Waals surface area contributed by atoms with Gasteiger partial charge in [-0.25, -0.2) is 9.97 Å². The molecule has 1 aromatic heterocycles. The van der Waals surface area contributed by atoms with E-state index < -0.39 is 0 Å². The number of carbonyl (C=O) groups is 1. The molecule has 0 radical (unpaired) electrons. The van der Waals surface area contributed by atoms with E-state index in [1.807, 2.05) is 13.0 Å². The molecule has 0 amide bonds. The minimum atomic E-state index is 0.250. The normalized spacial score (nSPS) is 10.1. The number of rotatable bonds is 4. The number of aromatic nitrogens is 2. The van der Waals surface area contributed by atoms with Gasteiger partial charge in [-0.3, -0.25) is 4.79 Å². The van der Waals surface area contributed by atoms with Crippen molar-refractivity contribution in [3.63, 3.8) is 0 Å². The van der Waals surface area contributed by atoms with Crippen LogP contribution >= 0.6 is 11.6 Å². The molecule has 4 nitrogen and oxygen atoms in total. The van der Waals surface area contributed by atoms with Crippen molar-refractivity contribution in [2.45, 2.75) is 13.5 Å². The van der Waals surface area contributed by atoms with Crippen LogP contribution < -0.4 is 4.74 Å². The summed E-state index contributed by atoms with van der Waals surface area (Å²) in [6.07, 6.45) is 3.63. The average Bonchev–Trinajstić information content (AvgIpc) is 2.41. The maximum atomic E-state index is 10.4. The first-order chi connectivity index (χ1) is 8.69. The Balaban J connectivity index is 2.01. The van der Waals surface area contributed by atoms with Gasteiger partial charge in [0, 0.05) is 17.4 Å². The van der Waals surface area contributed by atoms with Gasteiger partial charge in [-0.05, 0) is 30.7 Å². The van der Waals surface area contributed by atoms with Gasteiger partial charge >= 0.3 is 0 Å². The van der Waals surface area contributed by atoms with Gasteiger partial charge in [0.25, 0.3) is 0 Å². The molecule has 0 saturated heterocycles. The highest BCUT2D eigenvalue weighted by Crippen LogP contribution is 2.21. The van der Waals surface area contributed by atoms with E-state index in [0.29, 0.717) is 28.4 Å². The number of carbonyl (C=O) groups excluding carboxylic acids is 1. The molecule has 0 aliphatic rings. The van der Waals surface area contributed by atoms with Gasteiger partial charge in [0.1, 0.15) is 12.4 Å². The van der Waals surface area contributed by atoms with E-state index in [1.165, 1.54) is 12.4 Å². The third-order valence-electron chi connectivity index (χ3n) is 2.36. The number of hydrogen-bond acceptors (Lipinski definition) is 4. The van der Waals surface area contributed by atoms with Crippen LogP contribution in [0.4, 0.5) is 0 Å². The summed E-state index contributed by atoms with van der Waals surface area (Å²) >= 11 is 5.92. The lowest BCUT2D eigenvalue weighted by Crippen LogP contribution is -2.02. The zero-order valence-electron chi connectivity index (χ0n) is 9.76. The molecule has 0 bridgehead atoms. The first-order valence-electron chi connectivity index (χ1n) is 5.34. The summed E-state index contributed by atoms with van der Waals surface area (Å²) in [5, 5.41) is 0.703. The highest BCUT2D eigenvalue weighted by Gasteiger charge is 2.01. The Kier molecular flexibility index (Phi) is 3.89. The summed E-state index contributed by atoms with van der Waals surface area (Å²) in [7, 11) is 0. The fourth-order valence-electron chi connectivity index (χ4n) is 1.36. The fraction of sp³-hybridized carbons (Fsp3) is 0.154. The second-order valence-corrected chi connectivity index (χ2v) is 4.16. The van der Waals surface area contributed by atoms with E-state index in [0.717, 1.165) is 5.56 Å². The van der Waals surface area contributed by atoms with Crippen LogP contribution in [0.25, 0.3) is 0 Å². The molecular weight excluding hydrogens is 252 g/mol. The van der Waals surface area contributed by atoms with Gasteiger partial charge in [0.15, 0.2) is 12.1 Å². The van der Waals surface area contributed by atoms with E-state index >= 15 is 0 Å². The van der Waals surface area contributed by atoms with Crippen molar-refractivity contribution >= 4 is 17.9 Å². The van der Waals surface area contributed by atoms with Crippen molar-refractivity contribution in [1.29, 1.82) is 0 Å². The first kappa shape index (κ1) is 12.5. The Morgan fingerprint density at radius 1 is 1.33 bits per heavy atom. The van der Waals surface area contributed by atoms with Crippen LogP contribution in [-0.4, -0.2) is 16.3 Å². The van der Waals surface area contributed by atoms with E-state index in [4.69, 9.17) is 16.3 Å². The average molecular weight is 263 g/mol. The molecule has 5 heteroatoms. The van der Waals surface area contributed by atoms with Crippen LogP contribution in [0.2, 0.25) is 5.02 Å². The number of aryl methyl sites for hydroxylation is 1. The Morgan fingerprint density at radius 3 is 2.67 bits per heavy atom. The third kappa shape index (κ3) is 3.05. The van der Waals surface area contributed by atoms with E-state index in [2.05, 4.69) is 9.97 Å². The number of hydrogen-bond donors (Lipinski definition) is 0. The van der Waals surface area contributed by atoms with Gasteiger partial charge in [0.2, 0.25) is 0 Å². The fourth-order valence-corrected chi connectivity index (χ4v) is 1.47. The predicted octanol–water partition coefficient (Wildman–Crippen LogP) is 2.83. The van der Waals surface area contributed by atoms with Crippen molar-refractivity contribution in [2.24, 2.45) is 0 Å². The molecule has 0 unspecified atom stereocenters.